The Bertz CT molecular complexity index is 809. The molecule has 0 bridgehead atoms. The van der Waals surface area contributed by atoms with Crippen LogP contribution in [-0.2, 0) is 23.0 Å². The monoisotopic (exact) mass is 408 g/mol. The number of fused-ring (bicyclic) bond motifs is 1. The van der Waals surface area contributed by atoms with Gasteiger partial charge in [0.05, 0.1) is 23.5 Å². The van der Waals surface area contributed by atoms with Crippen molar-refractivity contribution < 1.29 is 22.1 Å². The van der Waals surface area contributed by atoms with Gasteiger partial charge in [-0.3, -0.25) is 0 Å². The third kappa shape index (κ3) is 6.96. The number of hydrogen-bond donors (Lipinski definition) is 1. The minimum atomic E-state index is -3.92. The molecule has 0 saturated carbocycles. The van der Waals surface area contributed by atoms with E-state index in [0.29, 0.717) is 18.1 Å². The van der Waals surface area contributed by atoms with Crippen LogP contribution in [0.3, 0.4) is 0 Å². The molecule has 1 aromatic carbocycles. The maximum absolute atomic E-state index is 9.08. The van der Waals surface area contributed by atoms with Crippen LogP contribution >= 0.6 is 0 Å². The lowest BCUT2D eigenvalue weighted by Crippen LogP contribution is -2.30. The predicted molar refractivity (Wildman–Crippen MR) is 109 cm³/mol. The molecule has 0 amide bonds. The molecule has 0 aliphatic heterocycles. The van der Waals surface area contributed by atoms with Crippen LogP contribution in [0, 0.1) is 5.92 Å². The predicted octanol–water partition coefficient (Wildman–Crippen LogP) is 3.34. The number of rotatable bonds is 7. The Morgan fingerprint density at radius 1 is 1.32 bits per heavy atom. The summed E-state index contributed by atoms with van der Waals surface area (Å²) >= 11 is 0. The molecule has 2 unspecified atom stereocenters. The quantitative estimate of drug-likeness (QED) is 0.707. The fourth-order valence-electron chi connectivity index (χ4n) is 3.91. The number of hydrogen-bond acceptors (Lipinski definition) is 6. The van der Waals surface area contributed by atoms with E-state index in [0.717, 1.165) is 37.4 Å². The Labute approximate surface area is 168 Å². The van der Waals surface area contributed by atoms with Crippen LogP contribution in [0.5, 0.6) is 5.75 Å². The summed E-state index contributed by atoms with van der Waals surface area (Å²) in [5.74, 6) is 3.25. The van der Waals surface area contributed by atoms with Gasteiger partial charge in [0.25, 0.3) is 0 Å². The third-order valence-electron chi connectivity index (χ3n) is 5.00. The molecular weight excluding hydrogens is 378 g/mol. The van der Waals surface area contributed by atoms with Gasteiger partial charge in [0, 0.05) is 12.7 Å². The van der Waals surface area contributed by atoms with E-state index in [1.807, 2.05) is 6.07 Å². The van der Waals surface area contributed by atoms with Crippen LogP contribution in [0.1, 0.15) is 42.6 Å². The van der Waals surface area contributed by atoms with E-state index in [2.05, 4.69) is 36.5 Å². The smallest absolute Gasteiger partial charge is 0.122 e. The van der Waals surface area contributed by atoms with Gasteiger partial charge in [-0.2, -0.15) is 0 Å². The Kier molecular flexibility index (Phi) is 8.54. The fourth-order valence-corrected chi connectivity index (χ4v) is 3.91. The Hall–Kier alpha value is -1.83. The lowest BCUT2D eigenvalue weighted by atomic mass is 9.74. The molecule has 3 rings (SSSR count). The lowest BCUT2D eigenvalue weighted by molar-refractivity contribution is 0.332. The first kappa shape index (κ1) is 22.5. The molecule has 1 N–H and O–H groups in total. The first-order valence-electron chi connectivity index (χ1n) is 9.63. The summed E-state index contributed by atoms with van der Waals surface area (Å²) in [6.45, 7) is 4.20. The average Bonchev–Trinajstić information content (AvgIpc) is 3.16. The second-order valence-corrected chi connectivity index (χ2v) is 8.49. The maximum Gasteiger partial charge on any atom is 0.122 e. The summed E-state index contributed by atoms with van der Waals surface area (Å²) in [7, 11) is -2.14. The van der Waals surface area contributed by atoms with Crippen molar-refractivity contribution in [3.8, 4) is 5.75 Å². The minimum Gasteiger partial charge on any atom is -0.748 e. The molecule has 6 nitrogen and oxygen atoms in total. The summed E-state index contributed by atoms with van der Waals surface area (Å²) < 4.78 is 38.4. The minimum absolute atomic E-state index is 0.548. The molecule has 0 saturated heterocycles. The molecule has 156 valence electrons. The highest BCUT2D eigenvalue weighted by Crippen LogP contribution is 2.41. The molecule has 1 aliphatic rings. The van der Waals surface area contributed by atoms with E-state index in [4.69, 9.17) is 22.1 Å². The van der Waals surface area contributed by atoms with Crippen molar-refractivity contribution in [2.75, 3.05) is 26.5 Å². The lowest BCUT2D eigenvalue weighted by Gasteiger charge is -2.33. The van der Waals surface area contributed by atoms with Gasteiger partial charge in [-0.05, 0) is 73.5 Å². The molecule has 1 aromatic heterocycles. The fraction of sp³-hybridized carbons (Fsp3) is 0.524. The molecule has 0 spiro atoms. The SMILES string of the molecule is CCNCC(Cc1ccco1)C1CCCc2c(OC)cccc21.CS(=O)(=O)[O-]. The van der Waals surface area contributed by atoms with Crippen LogP contribution in [0.15, 0.2) is 41.0 Å². The van der Waals surface area contributed by atoms with Crippen molar-refractivity contribution in [2.45, 2.75) is 38.5 Å². The van der Waals surface area contributed by atoms with E-state index < -0.39 is 10.1 Å². The first-order chi connectivity index (χ1) is 13.3. The summed E-state index contributed by atoms with van der Waals surface area (Å²) in [5.41, 5.74) is 2.89. The van der Waals surface area contributed by atoms with Gasteiger partial charge in [0.1, 0.15) is 11.5 Å². The summed E-state index contributed by atoms with van der Waals surface area (Å²) in [4.78, 5) is 0. The van der Waals surface area contributed by atoms with Crippen molar-refractivity contribution in [3.05, 3.63) is 53.5 Å². The molecule has 2 atom stereocenters. The van der Waals surface area contributed by atoms with E-state index in [1.54, 1.807) is 13.4 Å². The van der Waals surface area contributed by atoms with Gasteiger partial charge in [0.15, 0.2) is 0 Å². The summed E-state index contributed by atoms with van der Waals surface area (Å²) in [6, 6.07) is 10.6. The van der Waals surface area contributed by atoms with Gasteiger partial charge in [-0.15, -0.1) is 0 Å². The van der Waals surface area contributed by atoms with E-state index >= 15 is 0 Å². The highest BCUT2D eigenvalue weighted by atomic mass is 32.2. The van der Waals surface area contributed by atoms with Gasteiger partial charge < -0.3 is 19.0 Å². The average molecular weight is 409 g/mol. The molecule has 2 aromatic rings. The Morgan fingerprint density at radius 2 is 2.07 bits per heavy atom. The van der Waals surface area contributed by atoms with Gasteiger partial charge in [-0.1, -0.05) is 19.1 Å². The Balaban J connectivity index is 0.000000500. The zero-order valence-corrected chi connectivity index (χ0v) is 17.6. The molecule has 0 radical (unpaired) electrons. The van der Waals surface area contributed by atoms with Crippen LogP contribution in [0.2, 0.25) is 0 Å². The number of benzene rings is 1. The third-order valence-corrected chi connectivity index (χ3v) is 5.00. The highest BCUT2D eigenvalue weighted by molar-refractivity contribution is 7.84. The zero-order chi connectivity index (χ0) is 20.6. The van der Waals surface area contributed by atoms with Crippen LogP contribution in [0.25, 0.3) is 0 Å². The maximum atomic E-state index is 9.08. The molecular formula is C21H30NO5S-. The standard InChI is InChI=1S/C20H27NO2.CH4O3S/c1-3-21-14-15(13-16-7-6-12-23-16)17-8-4-10-19-18(17)9-5-11-20(19)22-2;1-5(2,3)4/h5-7,9,11-12,15,17,21H,3-4,8,10,13-14H2,1-2H3;1H3,(H,2,3,4)/p-1. The van der Waals surface area contributed by atoms with Gasteiger partial charge >= 0.3 is 0 Å². The topological polar surface area (TPSA) is 91.6 Å². The summed E-state index contributed by atoms with van der Waals surface area (Å²) in [5, 5.41) is 3.54. The van der Waals surface area contributed by atoms with Crippen LogP contribution in [-0.4, -0.2) is 39.4 Å². The molecule has 0 fully saturated rings. The zero-order valence-electron chi connectivity index (χ0n) is 16.8. The van der Waals surface area contributed by atoms with Gasteiger partial charge in [0.2, 0.25) is 0 Å². The molecule has 28 heavy (non-hydrogen) atoms. The second-order valence-electron chi connectivity index (χ2n) is 7.08. The molecule has 1 heterocycles. The number of methoxy groups -OCH3 is 1. The largest absolute Gasteiger partial charge is 0.748 e. The number of ether oxygens (including phenoxy) is 1. The molecule has 7 heteroatoms. The van der Waals surface area contributed by atoms with E-state index in [9.17, 15) is 0 Å². The number of furan rings is 1. The van der Waals surface area contributed by atoms with Crippen molar-refractivity contribution >= 4 is 10.1 Å². The van der Waals surface area contributed by atoms with E-state index in [1.165, 1.54) is 24.0 Å². The van der Waals surface area contributed by atoms with Crippen molar-refractivity contribution in [1.29, 1.82) is 0 Å². The highest BCUT2D eigenvalue weighted by Gasteiger charge is 2.29. The van der Waals surface area contributed by atoms with Gasteiger partial charge in [-0.25, -0.2) is 8.42 Å². The molecule has 1 aliphatic carbocycles. The normalized spacial score (nSPS) is 17.2. The van der Waals surface area contributed by atoms with Crippen molar-refractivity contribution in [3.63, 3.8) is 0 Å². The second kappa shape index (κ2) is 10.6. The number of nitrogens with one attached hydrogen (secondary N) is 1. The van der Waals surface area contributed by atoms with Crippen molar-refractivity contribution in [1.82, 2.24) is 5.32 Å². The first-order valence-corrected chi connectivity index (χ1v) is 11.4. The van der Waals surface area contributed by atoms with Crippen LogP contribution in [0.4, 0.5) is 0 Å². The van der Waals surface area contributed by atoms with Crippen LogP contribution < -0.4 is 10.1 Å². The van der Waals surface area contributed by atoms with Crippen molar-refractivity contribution in [2.24, 2.45) is 5.92 Å². The summed E-state index contributed by atoms with van der Waals surface area (Å²) in [6.07, 6.45) is 6.98. The Morgan fingerprint density at radius 3 is 2.68 bits per heavy atom. The van der Waals surface area contributed by atoms with E-state index in [-0.39, 0.29) is 0 Å².